The molecule has 1 saturated heterocycles. The summed E-state index contributed by atoms with van der Waals surface area (Å²) in [7, 11) is 0. The zero-order valence-corrected chi connectivity index (χ0v) is 15.6. The highest BCUT2D eigenvalue weighted by Gasteiger charge is 2.35. The summed E-state index contributed by atoms with van der Waals surface area (Å²) in [6.07, 6.45) is 8.02. The van der Waals surface area contributed by atoms with Crippen molar-refractivity contribution in [2.45, 2.75) is 44.9 Å². The second-order valence-electron chi connectivity index (χ2n) is 7.19. The molecule has 0 unspecified atom stereocenters. The Bertz CT molecular complexity index is 766. The second kappa shape index (κ2) is 7.80. The van der Waals surface area contributed by atoms with Crippen LogP contribution < -0.4 is 0 Å². The van der Waals surface area contributed by atoms with Crippen LogP contribution in [0.1, 0.15) is 37.1 Å². The zero-order chi connectivity index (χ0) is 17.9. The first-order chi connectivity index (χ1) is 12.7. The van der Waals surface area contributed by atoms with Gasteiger partial charge in [0, 0.05) is 36.5 Å². The summed E-state index contributed by atoms with van der Waals surface area (Å²) in [5, 5.41) is 0.748. The van der Waals surface area contributed by atoms with Gasteiger partial charge in [0.05, 0.1) is 19.2 Å². The molecule has 2 aromatic rings. The van der Waals surface area contributed by atoms with Gasteiger partial charge in [-0.1, -0.05) is 29.8 Å². The van der Waals surface area contributed by atoms with Crippen molar-refractivity contribution in [1.29, 1.82) is 0 Å². The predicted octanol–water partition coefficient (Wildman–Crippen LogP) is 3.50. The lowest BCUT2D eigenvalue weighted by molar-refractivity contribution is -0.135. The average molecular weight is 374 g/mol. The summed E-state index contributed by atoms with van der Waals surface area (Å²) >= 11 is 6.30. The summed E-state index contributed by atoms with van der Waals surface area (Å²) in [5.74, 6) is 1.33. The number of nitrogens with zero attached hydrogens (tertiary/aromatic N) is 3. The van der Waals surface area contributed by atoms with Crippen LogP contribution in [0.25, 0.3) is 0 Å². The smallest absolute Gasteiger partial charge is 0.226 e. The third-order valence-electron chi connectivity index (χ3n) is 5.12. The third kappa shape index (κ3) is 4.10. The van der Waals surface area contributed by atoms with Crippen LogP contribution in [-0.2, 0) is 22.6 Å². The van der Waals surface area contributed by atoms with Gasteiger partial charge in [0.15, 0.2) is 0 Å². The average Bonchev–Trinajstić information content (AvgIpc) is 3.20. The quantitative estimate of drug-likeness (QED) is 0.746. The first-order valence-electron chi connectivity index (χ1n) is 9.34. The van der Waals surface area contributed by atoms with Gasteiger partial charge in [0.1, 0.15) is 5.82 Å². The minimum atomic E-state index is 0.157. The lowest BCUT2D eigenvalue weighted by Gasteiger charge is -2.25. The van der Waals surface area contributed by atoms with E-state index in [0.717, 1.165) is 48.7 Å². The Morgan fingerprint density at radius 1 is 1.31 bits per heavy atom. The zero-order valence-electron chi connectivity index (χ0n) is 14.8. The number of halogens is 1. The molecule has 4 rings (SSSR count). The summed E-state index contributed by atoms with van der Waals surface area (Å²) < 4.78 is 7.83. The minimum Gasteiger partial charge on any atom is -0.376 e. The van der Waals surface area contributed by atoms with Gasteiger partial charge >= 0.3 is 0 Å². The van der Waals surface area contributed by atoms with E-state index in [1.807, 2.05) is 35.4 Å². The molecule has 1 aliphatic heterocycles. The summed E-state index contributed by atoms with van der Waals surface area (Å²) in [6, 6.07) is 7.83. The molecule has 1 aliphatic carbocycles. The van der Waals surface area contributed by atoms with E-state index in [0.29, 0.717) is 19.6 Å². The van der Waals surface area contributed by atoms with Crippen LogP contribution in [0.2, 0.25) is 5.02 Å². The molecule has 138 valence electrons. The predicted molar refractivity (Wildman–Crippen MR) is 99.9 cm³/mol. The summed E-state index contributed by atoms with van der Waals surface area (Å²) in [5.41, 5.74) is 1.05. The molecule has 26 heavy (non-hydrogen) atoms. The van der Waals surface area contributed by atoms with E-state index in [1.54, 1.807) is 6.20 Å². The number of benzene rings is 1. The van der Waals surface area contributed by atoms with Crippen LogP contribution in [0.5, 0.6) is 0 Å². The largest absolute Gasteiger partial charge is 0.376 e. The monoisotopic (exact) mass is 373 g/mol. The van der Waals surface area contributed by atoms with Gasteiger partial charge in [-0.05, 0) is 37.3 Å². The van der Waals surface area contributed by atoms with Gasteiger partial charge in [-0.15, -0.1) is 0 Å². The van der Waals surface area contributed by atoms with Crippen molar-refractivity contribution in [1.82, 2.24) is 14.5 Å². The highest BCUT2D eigenvalue weighted by Crippen LogP contribution is 2.32. The van der Waals surface area contributed by atoms with Crippen molar-refractivity contribution >= 4 is 17.5 Å². The van der Waals surface area contributed by atoms with E-state index in [1.165, 1.54) is 0 Å². The van der Waals surface area contributed by atoms with E-state index in [9.17, 15) is 4.79 Å². The number of carbonyl (C=O) groups is 1. The highest BCUT2D eigenvalue weighted by molar-refractivity contribution is 6.31. The first kappa shape index (κ1) is 17.6. The Morgan fingerprint density at radius 2 is 2.15 bits per heavy atom. The van der Waals surface area contributed by atoms with Crippen LogP contribution in [0.4, 0.5) is 0 Å². The number of hydrogen-bond donors (Lipinski definition) is 0. The number of rotatable bonds is 7. The first-order valence-corrected chi connectivity index (χ1v) is 9.72. The summed E-state index contributed by atoms with van der Waals surface area (Å²) in [4.78, 5) is 19.2. The molecule has 5 nitrogen and oxygen atoms in total. The molecule has 0 radical (unpaired) electrons. The van der Waals surface area contributed by atoms with E-state index < -0.39 is 0 Å². The number of amides is 1. The van der Waals surface area contributed by atoms with Crippen LogP contribution in [0, 0.1) is 5.92 Å². The van der Waals surface area contributed by atoms with Crippen LogP contribution in [0.3, 0.4) is 0 Å². The molecule has 0 bridgehead atoms. The minimum absolute atomic E-state index is 0.157. The van der Waals surface area contributed by atoms with Crippen molar-refractivity contribution in [3.05, 3.63) is 53.1 Å². The molecule has 1 aromatic heterocycles. The number of carbonyl (C=O) groups excluding carboxylic acids is 1. The summed E-state index contributed by atoms with van der Waals surface area (Å²) in [6.45, 7) is 2.64. The molecule has 0 N–H and O–H groups in total. The number of aromatic nitrogens is 2. The van der Waals surface area contributed by atoms with Crippen LogP contribution in [0.15, 0.2) is 36.7 Å². The van der Waals surface area contributed by atoms with E-state index >= 15 is 0 Å². The maximum absolute atomic E-state index is 12.8. The van der Waals surface area contributed by atoms with Gasteiger partial charge in [0.2, 0.25) is 5.91 Å². The maximum Gasteiger partial charge on any atom is 0.226 e. The molecule has 1 aromatic carbocycles. The Labute approximate surface area is 158 Å². The molecule has 1 atom stereocenters. The topological polar surface area (TPSA) is 47.4 Å². The van der Waals surface area contributed by atoms with Gasteiger partial charge in [-0.2, -0.15) is 0 Å². The van der Waals surface area contributed by atoms with Gasteiger partial charge in [-0.25, -0.2) is 4.98 Å². The number of imidazole rings is 1. The molecule has 1 saturated carbocycles. The van der Waals surface area contributed by atoms with Gasteiger partial charge in [0.25, 0.3) is 0 Å². The van der Waals surface area contributed by atoms with Crippen molar-refractivity contribution < 1.29 is 9.53 Å². The van der Waals surface area contributed by atoms with Crippen molar-refractivity contribution in [2.24, 2.45) is 5.92 Å². The molecular weight excluding hydrogens is 350 g/mol. The Kier molecular flexibility index (Phi) is 5.27. The molecule has 2 fully saturated rings. The Hall–Kier alpha value is -1.85. The van der Waals surface area contributed by atoms with Gasteiger partial charge in [-0.3, -0.25) is 4.79 Å². The molecular formula is C20H24ClN3O2. The van der Waals surface area contributed by atoms with Crippen molar-refractivity contribution in [2.75, 3.05) is 13.2 Å². The van der Waals surface area contributed by atoms with Gasteiger partial charge < -0.3 is 14.2 Å². The fraction of sp³-hybridized carbons (Fsp3) is 0.500. The maximum atomic E-state index is 12.8. The molecule has 2 heterocycles. The third-order valence-corrected chi connectivity index (χ3v) is 5.49. The highest BCUT2D eigenvalue weighted by atomic mass is 35.5. The van der Waals surface area contributed by atoms with E-state index in [2.05, 4.69) is 9.55 Å². The van der Waals surface area contributed by atoms with Crippen LogP contribution >= 0.6 is 11.6 Å². The van der Waals surface area contributed by atoms with Crippen molar-refractivity contribution in [3.8, 4) is 0 Å². The lowest BCUT2D eigenvalue weighted by Crippen LogP contribution is -2.38. The van der Waals surface area contributed by atoms with Crippen molar-refractivity contribution in [3.63, 3.8) is 0 Å². The Balaban J connectivity index is 1.49. The molecule has 1 amide bonds. The number of hydrogen-bond acceptors (Lipinski definition) is 3. The lowest BCUT2D eigenvalue weighted by atomic mass is 10.2. The second-order valence-corrected chi connectivity index (χ2v) is 7.60. The van der Waals surface area contributed by atoms with E-state index in [4.69, 9.17) is 16.3 Å². The normalized spacial score (nSPS) is 19.7. The van der Waals surface area contributed by atoms with E-state index in [-0.39, 0.29) is 17.9 Å². The molecule has 2 aliphatic rings. The molecule has 0 spiro atoms. The fourth-order valence-corrected chi connectivity index (χ4v) is 3.67. The fourth-order valence-electron chi connectivity index (χ4n) is 3.47. The number of ether oxygens (including phenoxy) is 1. The Morgan fingerprint density at radius 3 is 2.88 bits per heavy atom. The SMILES string of the molecule is O=C(C1CC1)N(Cc1nccn1Cc1ccccc1Cl)C[C@H]1CCCO1. The molecule has 6 heteroatoms. The standard InChI is InChI=1S/C20H24ClN3O2/c21-18-6-2-1-4-16(18)12-23-10-9-22-19(23)14-24(20(25)15-7-8-15)13-17-5-3-11-26-17/h1-2,4,6,9-10,15,17H,3,5,7-8,11-14H2/t17-/m1/s1. The van der Waals surface area contributed by atoms with Crippen LogP contribution in [-0.4, -0.2) is 39.6 Å².